The molecule has 1 aliphatic heterocycles. The fourth-order valence-corrected chi connectivity index (χ4v) is 4.65. The van der Waals surface area contributed by atoms with Crippen molar-refractivity contribution in [1.82, 2.24) is 4.90 Å². The van der Waals surface area contributed by atoms with Crippen molar-refractivity contribution in [2.45, 2.75) is 25.4 Å². The van der Waals surface area contributed by atoms with Gasteiger partial charge in [0.2, 0.25) is 0 Å². The van der Waals surface area contributed by atoms with E-state index in [-0.39, 0.29) is 11.3 Å². The summed E-state index contributed by atoms with van der Waals surface area (Å²) in [5.41, 5.74) is -2.43. The van der Waals surface area contributed by atoms with Crippen LogP contribution in [0.15, 0.2) is 35.9 Å². The minimum Gasteiger partial charge on any atom is -0.305 e. The van der Waals surface area contributed by atoms with Crippen molar-refractivity contribution in [2.24, 2.45) is 17.3 Å². The van der Waals surface area contributed by atoms with Gasteiger partial charge >= 0.3 is 6.18 Å². The smallest absolute Gasteiger partial charge is 0.305 e. The van der Waals surface area contributed by atoms with E-state index in [0.29, 0.717) is 18.7 Å². The molecule has 1 aliphatic carbocycles. The van der Waals surface area contributed by atoms with Gasteiger partial charge in [-0.2, -0.15) is 29.0 Å². The Morgan fingerprint density at radius 3 is 2.50 bits per heavy atom. The number of fused-ring (bicyclic) bond motifs is 1. The third-order valence-corrected chi connectivity index (χ3v) is 5.98. The SMILES string of the molecule is CCCN1CC=C2C(C#N)C(=N)C(C#N)(C#N)[C@H](c3cccc(C(F)(F)F)c3)[C@H]2C1. The van der Waals surface area contributed by atoms with Crippen molar-refractivity contribution in [3.05, 3.63) is 47.0 Å². The Bertz CT molecular complexity index is 991. The first-order valence-electron chi connectivity index (χ1n) is 9.64. The predicted molar refractivity (Wildman–Crippen MR) is 103 cm³/mol. The van der Waals surface area contributed by atoms with Crippen LogP contribution in [0.25, 0.3) is 0 Å². The molecule has 5 nitrogen and oxygen atoms in total. The average molecular weight is 411 g/mol. The molecule has 1 fully saturated rings. The summed E-state index contributed by atoms with van der Waals surface area (Å²) < 4.78 is 40.0. The molecule has 0 aromatic heterocycles. The molecule has 0 saturated heterocycles. The number of hydrogen-bond acceptors (Lipinski definition) is 5. The van der Waals surface area contributed by atoms with Crippen molar-refractivity contribution in [3.8, 4) is 18.2 Å². The summed E-state index contributed by atoms with van der Waals surface area (Å²) in [6.07, 6.45) is -1.87. The Balaban J connectivity index is 2.24. The molecule has 2 aliphatic rings. The summed E-state index contributed by atoms with van der Waals surface area (Å²) in [6, 6.07) is 10.5. The first-order chi connectivity index (χ1) is 14.2. The topological polar surface area (TPSA) is 98.5 Å². The van der Waals surface area contributed by atoms with E-state index in [4.69, 9.17) is 5.41 Å². The monoisotopic (exact) mass is 411 g/mol. The van der Waals surface area contributed by atoms with Crippen LogP contribution >= 0.6 is 0 Å². The normalized spacial score (nSPS) is 26.0. The van der Waals surface area contributed by atoms with Crippen LogP contribution in [0.3, 0.4) is 0 Å². The van der Waals surface area contributed by atoms with Gasteiger partial charge in [-0.05, 0) is 30.2 Å². The highest BCUT2D eigenvalue weighted by atomic mass is 19.4. The maximum Gasteiger partial charge on any atom is 0.416 e. The lowest BCUT2D eigenvalue weighted by atomic mass is 9.54. The summed E-state index contributed by atoms with van der Waals surface area (Å²) >= 11 is 0. The maximum atomic E-state index is 13.3. The lowest BCUT2D eigenvalue weighted by molar-refractivity contribution is -0.137. The molecule has 30 heavy (non-hydrogen) atoms. The van der Waals surface area contributed by atoms with Gasteiger partial charge in [-0.3, -0.25) is 4.90 Å². The van der Waals surface area contributed by atoms with Crippen molar-refractivity contribution < 1.29 is 13.2 Å². The van der Waals surface area contributed by atoms with Crippen LogP contribution in [0.5, 0.6) is 0 Å². The zero-order valence-corrected chi connectivity index (χ0v) is 16.4. The minimum atomic E-state index is -4.57. The number of nitrogens with zero attached hydrogens (tertiary/aromatic N) is 4. The van der Waals surface area contributed by atoms with Gasteiger partial charge in [-0.1, -0.05) is 31.2 Å². The van der Waals surface area contributed by atoms with E-state index >= 15 is 0 Å². The zero-order valence-electron chi connectivity index (χ0n) is 16.4. The summed E-state index contributed by atoms with van der Waals surface area (Å²) in [5.74, 6) is -2.51. The van der Waals surface area contributed by atoms with Crippen molar-refractivity contribution in [3.63, 3.8) is 0 Å². The second kappa shape index (κ2) is 7.94. The molecule has 3 atom stereocenters. The summed E-state index contributed by atoms with van der Waals surface area (Å²) in [6.45, 7) is 3.73. The molecule has 8 heteroatoms. The van der Waals surface area contributed by atoms with Crippen molar-refractivity contribution in [2.75, 3.05) is 19.6 Å². The van der Waals surface area contributed by atoms with Gasteiger partial charge in [0.05, 0.1) is 29.5 Å². The molecule has 1 aromatic carbocycles. The van der Waals surface area contributed by atoms with Crippen LogP contribution in [-0.4, -0.2) is 30.2 Å². The Morgan fingerprint density at radius 2 is 1.93 bits per heavy atom. The highest BCUT2D eigenvalue weighted by Gasteiger charge is 2.57. The number of nitriles is 3. The Labute approximate surface area is 173 Å². The summed E-state index contributed by atoms with van der Waals surface area (Å²) in [5, 5.41) is 38.1. The highest BCUT2D eigenvalue weighted by molar-refractivity contribution is 6.00. The van der Waals surface area contributed by atoms with Gasteiger partial charge in [-0.25, -0.2) is 0 Å². The van der Waals surface area contributed by atoms with Crippen LogP contribution in [0.2, 0.25) is 0 Å². The average Bonchev–Trinajstić information content (AvgIpc) is 2.73. The van der Waals surface area contributed by atoms with Gasteiger partial charge < -0.3 is 5.41 Å². The molecule has 0 radical (unpaired) electrons. The second-order valence-corrected chi connectivity index (χ2v) is 7.68. The Kier molecular flexibility index (Phi) is 5.70. The zero-order chi connectivity index (χ0) is 22.1. The van der Waals surface area contributed by atoms with Crippen LogP contribution in [0.4, 0.5) is 13.2 Å². The summed E-state index contributed by atoms with van der Waals surface area (Å²) in [7, 11) is 0. The van der Waals surface area contributed by atoms with Gasteiger partial charge in [0.1, 0.15) is 5.92 Å². The van der Waals surface area contributed by atoms with Crippen LogP contribution in [0, 0.1) is 56.7 Å². The maximum absolute atomic E-state index is 13.3. The molecule has 3 rings (SSSR count). The van der Waals surface area contributed by atoms with E-state index < -0.39 is 34.9 Å². The van der Waals surface area contributed by atoms with E-state index in [0.717, 1.165) is 25.1 Å². The van der Waals surface area contributed by atoms with Crippen LogP contribution < -0.4 is 0 Å². The van der Waals surface area contributed by atoms with Gasteiger partial charge in [0.15, 0.2) is 5.41 Å². The fourth-order valence-electron chi connectivity index (χ4n) is 4.65. The van der Waals surface area contributed by atoms with E-state index in [2.05, 4.69) is 4.90 Å². The van der Waals surface area contributed by atoms with E-state index in [1.807, 2.05) is 31.2 Å². The van der Waals surface area contributed by atoms with Crippen molar-refractivity contribution in [1.29, 1.82) is 21.2 Å². The molecular weight excluding hydrogens is 391 g/mol. The standard InChI is InChI=1S/C22H20F3N5/c1-2-7-30-8-6-16-17(10-26)20(29)21(12-27,13-28)19(18(16)11-30)14-4-3-5-15(9-14)22(23,24)25/h3-6,9,17-19,29H,2,7-8,11H2,1H3/t17?,18-,19+/m0/s1. The number of halogens is 3. The minimum absolute atomic E-state index is 0.184. The number of benzene rings is 1. The summed E-state index contributed by atoms with van der Waals surface area (Å²) in [4.78, 5) is 2.09. The third-order valence-electron chi connectivity index (χ3n) is 5.98. The fraction of sp³-hybridized carbons (Fsp3) is 0.455. The molecule has 0 amide bonds. The molecule has 1 N–H and O–H groups in total. The molecule has 154 valence electrons. The van der Waals surface area contributed by atoms with Crippen molar-refractivity contribution >= 4 is 5.71 Å². The highest BCUT2D eigenvalue weighted by Crippen LogP contribution is 2.53. The van der Waals surface area contributed by atoms with Gasteiger partial charge in [0.25, 0.3) is 0 Å². The van der Waals surface area contributed by atoms with Crippen LogP contribution in [0.1, 0.15) is 30.4 Å². The number of hydrogen-bond donors (Lipinski definition) is 1. The molecule has 1 aromatic rings. The van der Waals surface area contributed by atoms with Gasteiger partial charge in [-0.15, -0.1) is 0 Å². The molecule has 1 saturated carbocycles. The van der Waals surface area contributed by atoms with E-state index in [1.165, 1.54) is 12.1 Å². The van der Waals surface area contributed by atoms with E-state index in [1.54, 1.807) is 0 Å². The Morgan fingerprint density at radius 1 is 1.23 bits per heavy atom. The molecule has 0 bridgehead atoms. The number of rotatable bonds is 3. The first-order valence-corrected chi connectivity index (χ1v) is 9.64. The first kappa shape index (κ1) is 21.6. The van der Waals surface area contributed by atoms with E-state index in [9.17, 15) is 29.0 Å². The van der Waals surface area contributed by atoms with Gasteiger partial charge in [0, 0.05) is 24.9 Å². The lowest BCUT2D eigenvalue weighted by Gasteiger charge is -2.47. The number of alkyl halides is 3. The second-order valence-electron chi connectivity index (χ2n) is 7.68. The molecule has 1 unspecified atom stereocenters. The Hall–Kier alpha value is -3.15. The quantitative estimate of drug-likeness (QED) is 0.751. The molecule has 0 spiro atoms. The molecular formula is C22H20F3N5. The van der Waals surface area contributed by atoms with Crippen LogP contribution in [-0.2, 0) is 6.18 Å². The molecule has 1 heterocycles. The third kappa shape index (κ3) is 3.36. The largest absolute Gasteiger partial charge is 0.416 e. The number of nitrogens with one attached hydrogen (secondary N) is 1. The predicted octanol–water partition coefficient (Wildman–Crippen LogP) is 4.26. The lowest BCUT2D eigenvalue weighted by Crippen LogP contribution is -2.53.